The van der Waals surface area contributed by atoms with E-state index in [-0.39, 0.29) is 6.61 Å². The van der Waals surface area contributed by atoms with E-state index < -0.39 is 0 Å². The maximum absolute atomic E-state index is 9.11. The molecule has 0 aliphatic carbocycles. The van der Waals surface area contributed by atoms with Gasteiger partial charge in [0.2, 0.25) is 0 Å². The number of hydrogen-bond acceptors (Lipinski definition) is 1. The molecule has 0 aromatic carbocycles. The molecule has 20 heavy (non-hydrogen) atoms. The number of aliphatic hydroxyl groups is 1. The van der Waals surface area contributed by atoms with Gasteiger partial charge >= 0.3 is 0 Å². The molecule has 0 unspecified atom stereocenters. The van der Waals surface area contributed by atoms with E-state index >= 15 is 0 Å². The molecule has 0 amide bonds. The Morgan fingerprint density at radius 2 is 1.05 bits per heavy atom. The third kappa shape index (κ3) is 14.1. The second-order valence-corrected chi connectivity index (χ2v) is 6.08. The lowest BCUT2D eigenvalue weighted by molar-refractivity contribution is 0.341. The predicted molar refractivity (Wildman–Crippen MR) is 91.2 cm³/mol. The Bertz CT molecular complexity index is 190. The third-order valence-corrected chi connectivity index (χ3v) is 4.08. The standard InChI is InChI=1S/C19H38O/c1-3-5-7-9-11-13-15-19(17-18-20)16-14-12-10-8-6-4-2/h17,20H,3-16,18H2,1-2H3. The molecule has 0 aliphatic heterocycles. The molecule has 0 aromatic heterocycles. The van der Waals surface area contributed by atoms with Crippen molar-refractivity contribution in [3.8, 4) is 0 Å². The van der Waals surface area contributed by atoms with E-state index in [2.05, 4.69) is 19.9 Å². The second-order valence-electron chi connectivity index (χ2n) is 6.08. The molecule has 0 atom stereocenters. The highest BCUT2D eigenvalue weighted by atomic mass is 16.2. The number of rotatable bonds is 15. The van der Waals surface area contributed by atoms with Crippen molar-refractivity contribution >= 4 is 0 Å². The van der Waals surface area contributed by atoms with Crippen molar-refractivity contribution in [2.24, 2.45) is 0 Å². The number of unbranched alkanes of at least 4 members (excludes halogenated alkanes) is 10. The van der Waals surface area contributed by atoms with Gasteiger partial charge < -0.3 is 5.11 Å². The largest absolute Gasteiger partial charge is 0.392 e. The van der Waals surface area contributed by atoms with E-state index in [4.69, 9.17) is 5.11 Å². The van der Waals surface area contributed by atoms with Crippen LogP contribution in [0.3, 0.4) is 0 Å². The maximum Gasteiger partial charge on any atom is 0.0615 e. The van der Waals surface area contributed by atoms with Crippen molar-refractivity contribution in [1.29, 1.82) is 0 Å². The highest BCUT2D eigenvalue weighted by Crippen LogP contribution is 2.18. The summed E-state index contributed by atoms with van der Waals surface area (Å²) in [5.41, 5.74) is 1.50. The Hall–Kier alpha value is -0.300. The molecule has 0 aliphatic rings. The van der Waals surface area contributed by atoms with E-state index in [1.807, 2.05) is 0 Å². The first kappa shape index (κ1) is 19.7. The van der Waals surface area contributed by atoms with Crippen molar-refractivity contribution < 1.29 is 5.11 Å². The lowest BCUT2D eigenvalue weighted by Crippen LogP contribution is -1.90. The van der Waals surface area contributed by atoms with Crippen LogP contribution < -0.4 is 0 Å². The van der Waals surface area contributed by atoms with Crippen LogP contribution >= 0.6 is 0 Å². The summed E-state index contributed by atoms with van der Waals surface area (Å²) in [4.78, 5) is 0. The molecule has 0 rings (SSSR count). The summed E-state index contributed by atoms with van der Waals surface area (Å²) in [7, 11) is 0. The van der Waals surface area contributed by atoms with Gasteiger partial charge in [-0.05, 0) is 25.7 Å². The fraction of sp³-hybridized carbons (Fsp3) is 0.895. The van der Waals surface area contributed by atoms with Crippen LogP contribution in [0.25, 0.3) is 0 Å². The lowest BCUT2D eigenvalue weighted by atomic mass is 9.99. The van der Waals surface area contributed by atoms with Gasteiger partial charge in [-0.25, -0.2) is 0 Å². The first-order chi connectivity index (χ1) is 9.85. The molecular formula is C19H38O. The monoisotopic (exact) mass is 282 g/mol. The molecule has 0 radical (unpaired) electrons. The van der Waals surface area contributed by atoms with E-state index in [1.54, 1.807) is 0 Å². The fourth-order valence-corrected chi connectivity index (χ4v) is 2.72. The minimum absolute atomic E-state index is 0.223. The summed E-state index contributed by atoms with van der Waals surface area (Å²) in [5.74, 6) is 0. The van der Waals surface area contributed by atoms with Crippen molar-refractivity contribution in [3.63, 3.8) is 0 Å². The van der Waals surface area contributed by atoms with Crippen LogP contribution in [-0.4, -0.2) is 11.7 Å². The zero-order valence-electron chi connectivity index (χ0n) is 14.1. The molecule has 0 fully saturated rings. The Morgan fingerprint density at radius 3 is 1.45 bits per heavy atom. The van der Waals surface area contributed by atoms with Crippen molar-refractivity contribution in [3.05, 3.63) is 11.6 Å². The Kier molecular flexibility index (Phi) is 16.5. The van der Waals surface area contributed by atoms with Gasteiger partial charge in [-0.15, -0.1) is 0 Å². The molecular weight excluding hydrogens is 244 g/mol. The third-order valence-electron chi connectivity index (χ3n) is 4.08. The molecule has 1 nitrogen and oxygen atoms in total. The molecule has 0 aromatic rings. The van der Waals surface area contributed by atoms with Crippen LogP contribution in [-0.2, 0) is 0 Å². The molecule has 120 valence electrons. The summed E-state index contributed by atoms with van der Waals surface area (Å²) in [6, 6.07) is 0. The zero-order chi connectivity index (χ0) is 14.9. The first-order valence-electron chi connectivity index (χ1n) is 9.13. The maximum atomic E-state index is 9.11. The lowest BCUT2D eigenvalue weighted by Gasteiger charge is -2.08. The van der Waals surface area contributed by atoms with Crippen LogP contribution in [0.15, 0.2) is 11.6 Å². The molecule has 0 bridgehead atoms. The number of hydrogen-bond donors (Lipinski definition) is 1. The smallest absolute Gasteiger partial charge is 0.0615 e. The van der Waals surface area contributed by atoms with Crippen molar-refractivity contribution in [2.75, 3.05) is 6.61 Å². The van der Waals surface area contributed by atoms with Gasteiger partial charge in [0.05, 0.1) is 6.61 Å². The first-order valence-corrected chi connectivity index (χ1v) is 9.13. The molecule has 0 saturated carbocycles. The van der Waals surface area contributed by atoms with Crippen LogP contribution in [0.2, 0.25) is 0 Å². The average molecular weight is 283 g/mol. The highest BCUT2D eigenvalue weighted by molar-refractivity contribution is 5.01. The van der Waals surface area contributed by atoms with Gasteiger partial charge in [0.15, 0.2) is 0 Å². The number of aliphatic hydroxyl groups excluding tert-OH is 1. The Balaban J connectivity index is 3.54. The quantitative estimate of drug-likeness (QED) is 0.272. The van der Waals surface area contributed by atoms with Crippen molar-refractivity contribution in [1.82, 2.24) is 0 Å². The van der Waals surface area contributed by atoms with Gasteiger partial charge in [-0.3, -0.25) is 0 Å². The summed E-state index contributed by atoms with van der Waals surface area (Å²) in [6.45, 7) is 4.76. The van der Waals surface area contributed by atoms with Crippen LogP contribution in [0.1, 0.15) is 104 Å². The van der Waals surface area contributed by atoms with Crippen LogP contribution in [0.5, 0.6) is 0 Å². The van der Waals surface area contributed by atoms with Crippen LogP contribution in [0, 0.1) is 0 Å². The fourth-order valence-electron chi connectivity index (χ4n) is 2.72. The highest BCUT2D eigenvalue weighted by Gasteiger charge is 1.99. The average Bonchev–Trinajstić information content (AvgIpc) is 2.46. The SMILES string of the molecule is CCCCCCCCC(=CCO)CCCCCCCC. The summed E-state index contributed by atoms with van der Waals surface area (Å²) in [6.07, 6.45) is 20.8. The van der Waals surface area contributed by atoms with Gasteiger partial charge in [0.25, 0.3) is 0 Å². The zero-order valence-corrected chi connectivity index (χ0v) is 14.1. The second kappa shape index (κ2) is 16.8. The van der Waals surface area contributed by atoms with Crippen LogP contribution in [0.4, 0.5) is 0 Å². The predicted octanol–water partition coefficient (Wildman–Crippen LogP) is 6.41. The molecule has 1 heteroatoms. The van der Waals surface area contributed by atoms with Crippen molar-refractivity contribution in [2.45, 2.75) is 104 Å². The Morgan fingerprint density at radius 1 is 0.650 bits per heavy atom. The molecule has 0 saturated heterocycles. The van der Waals surface area contributed by atoms with Gasteiger partial charge in [0.1, 0.15) is 0 Å². The summed E-state index contributed by atoms with van der Waals surface area (Å²) in [5, 5.41) is 9.11. The normalized spacial score (nSPS) is 10.8. The van der Waals surface area contributed by atoms with E-state index in [0.717, 1.165) is 0 Å². The molecule has 0 heterocycles. The van der Waals surface area contributed by atoms with E-state index in [0.29, 0.717) is 0 Å². The topological polar surface area (TPSA) is 20.2 Å². The van der Waals surface area contributed by atoms with E-state index in [9.17, 15) is 0 Å². The molecule has 0 spiro atoms. The van der Waals surface area contributed by atoms with Gasteiger partial charge in [-0.1, -0.05) is 89.7 Å². The molecule has 1 N–H and O–H groups in total. The van der Waals surface area contributed by atoms with E-state index in [1.165, 1.54) is 95.5 Å². The number of allylic oxidation sites excluding steroid dienone is 1. The minimum Gasteiger partial charge on any atom is -0.392 e. The minimum atomic E-state index is 0.223. The Labute approximate surface area is 127 Å². The van der Waals surface area contributed by atoms with Gasteiger partial charge in [0, 0.05) is 0 Å². The summed E-state index contributed by atoms with van der Waals surface area (Å²) >= 11 is 0. The van der Waals surface area contributed by atoms with Gasteiger partial charge in [-0.2, -0.15) is 0 Å². The summed E-state index contributed by atoms with van der Waals surface area (Å²) < 4.78 is 0.